The Kier molecular flexibility index (Phi) is 4.77. The van der Waals surface area contributed by atoms with Gasteiger partial charge in [0.2, 0.25) is 12.7 Å². The van der Waals surface area contributed by atoms with E-state index in [1.165, 1.54) is 0 Å². The van der Waals surface area contributed by atoms with Crippen molar-refractivity contribution >= 4 is 23.3 Å². The van der Waals surface area contributed by atoms with Crippen molar-refractivity contribution < 1.29 is 18.7 Å². The van der Waals surface area contributed by atoms with Crippen LogP contribution in [0.5, 0.6) is 11.5 Å². The predicted octanol–water partition coefficient (Wildman–Crippen LogP) is 3.95. The molecule has 1 saturated heterocycles. The molecule has 5 rings (SSSR count). The van der Waals surface area contributed by atoms with Crippen molar-refractivity contribution in [2.24, 2.45) is 0 Å². The Hall–Kier alpha value is -3.13. The number of rotatable bonds is 4. The van der Waals surface area contributed by atoms with E-state index in [1.807, 2.05) is 41.3 Å². The standard InChI is InChI=1S/C21H19N3O4S/c25-19(6-4-14-3-5-16-18(12-14)28-13-27-16)24-9-7-15(8-10-24)20-22-23-21(29-20)17-2-1-11-26-17/h1-6,11-12,15H,7-10,13H2. The Morgan fingerprint density at radius 1 is 1.14 bits per heavy atom. The Labute approximate surface area is 171 Å². The van der Waals surface area contributed by atoms with E-state index in [2.05, 4.69) is 10.2 Å². The fourth-order valence-electron chi connectivity index (χ4n) is 3.54. The summed E-state index contributed by atoms with van der Waals surface area (Å²) in [5.41, 5.74) is 0.914. The predicted molar refractivity (Wildman–Crippen MR) is 108 cm³/mol. The van der Waals surface area contributed by atoms with Crippen molar-refractivity contribution in [2.75, 3.05) is 19.9 Å². The minimum atomic E-state index is 0.0228. The van der Waals surface area contributed by atoms with E-state index in [0.29, 0.717) is 24.8 Å². The van der Waals surface area contributed by atoms with Crippen LogP contribution in [0.4, 0.5) is 0 Å². The molecule has 4 heterocycles. The van der Waals surface area contributed by atoms with Gasteiger partial charge in [-0.05, 0) is 48.7 Å². The highest BCUT2D eigenvalue weighted by Crippen LogP contribution is 2.34. The minimum Gasteiger partial charge on any atom is -0.462 e. The fourth-order valence-corrected chi connectivity index (χ4v) is 4.52. The lowest BCUT2D eigenvalue weighted by molar-refractivity contribution is -0.126. The highest BCUT2D eigenvalue weighted by atomic mass is 32.1. The summed E-state index contributed by atoms with van der Waals surface area (Å²) in [6.45, 7) is 1.67. The first-order valence-corrected chi connectivity index (χ1v) is 10.3. The number of benzene rings is 1. The third-order valence-electron chi connectivity index (χ3n) is 5.14. The average molecular weight is 409 g/mol. The number of furan rings is 1. The topological polar surface area (TPSA) is 77.7 Å². The zero-order valence-corrected chi connectivity index (χ0v) is 16.4. The molecule has 7 nitrogen and oxygen atoms in total. The maximum atomic E-state index is 12.6. The van der Waals surface area contributed by atoms with Gasteiger partial charge >= 0.3 is 0 Å². The molecular weight excluding hydrogens is 390 g/mol. The second kappa shape index (κ2) is 7.71. The first-order valence-electron chi connectivity index (χ1n) is 9.50. The van der Waals surface area contributed by atoms with E-state index in [9.17, 15) is 4.79 Å². The third-order valence-corrected chi connectivity index (χ3v) is 6.24. The van der Waals surface area contributed by atoms with Gasteiger partial charge in [0.1, 0.15) is 5.01 Å². The second-order valence-corrected chi connectivity index (χ2v) is 7.98. The number of ether oxygens (including phenoxy) is 2. The summed E-state index contributed by atoms with van der Waals surface area (Å²) in [5, 5.41) is 10.4. The normalized spacial score (nSPS) is 16.6. The number of carbonyl (C=O) groups excluding carboxylic acids is 1. The molecule has 0 atom stereocenters. The first kappa shape index (κ1) is 17.9. The molecule has 0 spiro atoms. The highest BCUT2D eigenvalue weighted by molar-refractivity contribution is 7.14. The van der Waals surface area contributed by atoms with E-state index in [1.54, 1.807) is 23.7 Å². The molecule has 0 radical (unpaired) electrons. The number of amides is 1. The number of hydrogen-bond acceptors (Lipinski definition) is 7. The summed E-state index contributed by atoms with van der Waals surface area (Å²) in [6, 6.07) is 9.38. The molecule has 0 unspecified atom stereocenters. The molecule has 0 bridgehead atoms. The summed E-state index contributed by atoms with van der Waals surface area (Å²) in [5.74, 6) is 2.55. The van der Waals surface area contributed by atoms with Gasteiger partial charge in [-0.2, -0.15) is 0 Å². The van der Waals surface area contributed by atoms with Crippen molar-refractivity contribution in [3.8, 4) is 22.3 Å². The number of fused-ring (bicyclic) bond motifs is 1. The lowest BCUT2D eigenvalue weighted by Crippen LogP contribution is -2.36. The number of carbonyl (C=O) groups is 1. The van der Waals surface area contributed by atoms with Crippen molar-refractivity contribution in [3.63, 3.8) is 0 Å². The maximum Gasteiger partial charge on any atom is 0.246 e. The van der Waals surface area contributed by atoms with Crippen LogP contribution in [0, 0.1) is 0 Å². The number of hydrogen-bond donors (Lipinski definition) is 0. The molecule has 3 aromatic rings. The molecule has 0 aliphatic carbocycles. The number of likely N-dealkylation sites (tertiary alicyclic amines) is 1. The molecule has 29 heavy (non-hydrogen) atoms. The van der Waals surface area contributed by atoms with Gasteiger partial charge in [-0.3, -0.25) is 4.79 Å². The lowest BCUT2D eigenvalue weighted by Gasteiger charge is -2.30. The molecule has 2 aliphatic rings. The van der Waals surface area contributed by atoms with Gasteiger partial charge in [0.25, 0.3) is 0 Å². The number of nitrogens with zero attached hydrogens (tertiary/aromatic N) is 3. The van der Waals surface area contributed by atoms with Gasteiger partial charge in [-0.1, -0.05) is 17.4 Å². The quantitative estimate of drug-likeness (QED) is 0.608. The van der Waals surface area contributed by atoms with Crippen LogP contribution >= 0.6 is 11.3 Å². The second-order valence-electron chi connectivity index (χ2n) is 6.97. The molecule has 0 N–H and O–H groups in total. The van der Waals surface area contributed by atoms with Gasteiger partial charge in [0, 0.05) is 25.1 Å². The van der Waals surface area contributed by atoms with Crippen LogP contribution in [-0.2, 0) is 4.79 Å². The number of piperidine rings is 1. The minimum absolute atomic E-state index is 0.0228. The van der Waals surface area contributed by atoms with E-state index < -0.39 is 0 Å². The van der Waals surface area contributed by atoms with Crippen LogP contribution in [0.3, 0.4) is 0 Å². The van der Waals surface area contributed by atoms with Crippen LogP contribution in [0.2, 0.25) is 0 Å². The molecule has 148 valence electrons. The maximum absolute atomic E-state index is 12.6. The van der Waals surface area contributed by atoms with Crippen molar-refractivity contribution in [3.05, 3.63) is 53.2 Å². The van der Waals surface area contributed by atoms with E-state index in [-0.39, 0.29) is 12.7 Å². The molecule has 1 aromatic carbocycles. The Morgan fingerprint density at radius 2 is 2.00 bits per heavy atom. The zero-order chi connectivity index (χ0) is 19.6. The molecule has 2 aliphatic heterocycles. The Balaban J connectivity index is 1.18. The summed E-state index contributed by atoms with van der Waals surface area (Å²) in [7, 11) is 0. The van der Waals surface area contributed by atoms with Gasteiger partial charge < -0.3 is 18.8 Å². The largest absolute Gasteiger partial charge is 0.462 e. The number of aromatic nitrogens is 2. The molecule has 1 fully saturated rings. The van der Waals surface area contributed by atoms with Crippen LogP contribution in [0.25, 0.3) is 16.8 Å². The Morgan fingerprint density at radius 3 is 2.83 bits per heavy atom. The lowest BCUT2D eigenvalue weighted by atomic mass is 9.97. The zero-order valence-electron chi connectivity index (χ0n) is 15.6. The smallest absolute Gasteiger partial charge is 0.246 e. The molecule has 0 saturated carbocycles. The Bertz CT molecular complexity index is 1040. The molecule has 1 amide bonds. The average Bonchev–Trinajstić information content (AvgIpc) is 3.52. The van der Waals surface area contributed by atoms with E-state index in [4.69, 9.17) is 13.9 Å². The van der Waals surface area contributed by atoms with Crippen molar-refractivity contribution in [1.82, 2.24) is 15.1 Å². The monoisotopic (exact) mass is 409 g/mol. The van der Waals surface area contributed by atoms with Crippen LogP contribution in [0.15, 0.2) is 47.1 Å². The van der Waals surface area contributed by atoms with Crippen LogP contribution in [-0.4, -0.2) is 40.9 Å². The van der Waals surface area contributed by atoms with Crippen molar-refractivity contribution in [1.29, 1.82) is 0 Å². The van der Waals surface area contributed by atoms with E-state index >= 15 is 0 Å². The summed E-state index contributed by atoms with van der Waals surface area (Å²) < 4.78 is 16.1. The van der Waals surface area contributed by atoms with Crippen LogP contribution < -0.4 is 9.47 Å². The first-order chi connectivity index (χ1) is 14.3. The highest BCUT2D eigenvalue weighted by Gasteiger charge is 2.26. The van der Waals surface area contributed by atoms with Crippen molar-refractivity contribution in [2.45, 2.75) is 18.8 Å². The summed E-state index contributed by atoms with van der Waals surface area (Å²) >= 11 is 1.57. The van der Waals surface area contributed by atoms with Gasteiger partial charge in [0.15, 0.2) is 22.3 Å². The molecule has 2 aromatic heterocycles. The molecular formula is C21H19N3O4S. The van der Waals surface area contributed by atoms with Gasteiger partial charge in [-0.15, -0.1) is 10.2 Å². The van der Waals surface area contributed by atoms with Gasteiger partial charge in [-0.25, -0.2) is 0 Å². The SMILES string of the molecule is O=C(C=Cc1ccc2c(c1)OCO2)N1CCC(c2nnc(-c3ccco3)s2)CC1. The van der Waals surface area contributed by atoms with Gasteiger partial charge in [0.05, 0.1) is 6.26 Å². The van der Waals surface area contributed by atoms with E-state index in [0.717, 1.165) is 39.9 Å². The fraction of sp³-hybridized carbons (Fsp3) is 0.286. The third kappa shape index (κ3) is 3.75. The summed E-state index contributed by atoms with van der Waals surface area (Å²) in [6.07, 6.45) is 6.85. The van der Waals surface area contributed by atoms with Crippen LogP contribution in [0.1, 0.15) is 29.3 Å². The molecule has 8 heteroatoms. The summed E-state index contributed by atoms with van der Waals surface area (Å²) in [4.78, 5) is 14.4.